The summed E-state index contributed by atoms with van der Waals surface area (Å²) in [6.07, 6.45) is 3.45. The molecule has 0 aliphatic carbocycles. The van der Waals surface area contributed by atoms with Crippen molar-refractivity contribution in [3.63, 3.8) is 0 Å². The van der Waals surface area contributed by atoms with Gasteiger partial charge in [0.25, 0.3) is 5.91 Å². The molecule has 7 nitrogen and oxygen atoms in total. The number of ether oxygens (including phenoxy) is 2. The zero-order valence-corrected chi connectivity index (χ0v) is 18.3. The number of hydrogen-bond acceptors (Lipinski definition) is 6. The summed E-state index contributed by atoms with van der Waals surface area (Å²) in [5, 5.41) is 5.73. The standard InChI is InChI=1S/C23H22N4O3S/c1-15-11-20(16(2)27(15)23-24-9-10-31-23)22(28)26-14-17-7-8-21(25-13-17)30-19-6-4-5-18(12-19)29-3/h4-13H,14H2,1-3H3,(H,26,28). The number of aryl methyl sites for hydroxylation is 1. The minimum absolute atomic E-state index is 0.132. The van der Waals surface area contributed by atoms with Crippen molar-refractivity contribution in [1.29, 1.82) is 0 Å². The molecule has 0 radical (unpaired) electrons. The fourth-order valence-electron chi connectivity index (χ4n) is 3.25. The lowest BCUT2D eigenvalue weighted by molar-refractivity contribution is 0.0950. The van der Waals surface area contributed by atoms with Gasteiger partial charge in [-0.15, -0.1) is 11.3 Å². The molecule has 31 heavy (non-hydrogen) atoms. The summed E-state index contributed by atoms with van der Waals surface area (Å²) in [6.45, 7) is 4.26. The first-order valence-corrected chi connectivity index (χ1v) is 10.6. The highest BCUT2D eigenvalue weighted by Crippen LogP contribution is 2.24. The zero-order chi connectivity index (χ0) is 21.8. The number of carbonyl (C=O) groups is 1. The SMILES string of the molecule is COc1cccc(Oc2ccc(CNC(=O)c3cc(C)n(-c4nccs4)c3C)cn2)c1. The van der Waals surface area contributed by atoms with Crippen molar-refractivity contribution in [2.75, 3.05) is 7.11 Å². The quantitative estimate of drug-likeness (QED) is 0.457. The topological polar surface area (TPSA) is 78.3 Å². The van der Waals surface area contributed by atoms with Crippen LogP contribution in [0.15, 0.2) is 60.2 Å². The van der Waals surface area contributed by atoms with Crippen LogP contribution in [0.4, 0.5) is 0 Å². The van der Waals surface area contributed by atoms with E-state index in [1.807, 2.05) is 54.1 Å². The van der Waals surface area contributed by atoms with Crippen LogP contribution in [0, 0.1) is 13.8 Å². The molecule has 4 aromatic rings. The minimum atomic E-state index is -0.132. The van der Waals surface area contributed by atoms with Crippen molar-refractivity contribution in [2.24, 2.45) is 0 Å². The van der Waals surface area contributed by atoms with Gasteiger partial charge in [-0.3, -0.25) is 9.36 Å². The number of methoxy groups -OCH3 is 1. The smallest absolute Gasteiger partial charge is 0.253 e. The molecule has 0 spiro atoms. The highest BCUT2D eigenvalue weighted by Gasteiger charge is 2.17. The van der Waals surface area contributed by atoms with E-state index in [0.29, 0.717) is 29.5 Å². The van der Waals surface area contributed by atoms with Gasteiger partial charge in [0.15, 0.2) is 5.13 Å². The van der Waals surface area contributed by atoms with Gasteiger partial charge in [-0.2, -0.15) is 0 Å². The van der Waals surface area contributed by atoms with Gasteiger partial charge in [-0.25, -0.2) is 9.97 Å². The number of pyridine rings is 1. The van der Waals surface area contributed by atoms with Crippen LogP contribution < -0.4 is 14.8 Å². The van der Waals surface area contributed by atoms with E-state index in [0.717, 1.165) is 22.1 Å². The molecule has 0 bridgehead atoms. The number of rotatable bonds is 7. The van der Waals surface area contributed by atoms with E-state index >= 15 is 0 Å². The lowest BCUT2D eigenvalue weighted by Crippen LogP contribution is -2.23. The van der Waals surface area contributed by atoms with Crippen molar-refractivity contribution in [3.05, 3.63) is 82.8 Å². The van der Waals surface area contributed by atoms with Crippen LogP contribution in [0.3, 0.4) is 0 Å². The Bertz CT molecular complexity index is 1180. The molecule has 1 amide bonds. The maximum atomic E-state index is 12.7. The second-order valence-corrected chi connectivity index (χ2v) is 7.78. The van der Waals surface area contributed by atoms with E-state index in [9.17, 15) is 4.79 Å². The van der Waals surface area contributed by atoms with Crippen molar-refractivity contribution in [2.45, 2.75) is 20.4 Å². The molecule has 0 unspecified atom stereocenters. The number of hydrogen-bond donors (Lipinski definition) is 1. The Hall–Kier alpha value is -3.65. The van der Waals surface area contributed by atoms with Crippen LogP contribution in [0.1, 0.15) is 27.3 Å². The van der Waals surface area contributed by atoms with Crippen LogP contribution in [0.5, 0.6) is 17.4 Å². The molecule has 0 aliphatic heterocycles. The Labute approximate surface area is 184 Å². The molecule has 0 saturated carbocycles. The van der Waals surface area contributed by atoms with Crippen LogP contribution in [0.25, 0.3) is 5.13 Å². The molecule has 0 saturated heterocycles. The van der Waals surface area contributed by atoms with E-state index in [4.69, 9.17) is 9.47 Å². The van der Waals surface area contributed by atoms with Crippen molar-refractivity contribution in [3.8, 4) is 22.5 Å². The average Bonchev–Trinajstić information content (AvgIpc) is 3.40. The van der Waals surface area contributed by atoms with Gasteiger partial charge < -0.3 is 14.8 Å². The maximum Gasteiger partial charge on any atom is 0.253 e. The van der Waals surface area contributed by atoms with E-state index in [-0.39, 0.29) is 5.91 Å². The van der Waals surface area contributed by atoms with Gasteiger partial charge in [0.1, 0.15) is 11.5 Å². The summed E-state index contributed by atoms with van der Waals surface area (Å²) in [7, 11) is 1.61. The van der Waals surface area contributed by atoms with Crippen molar-refractivity contribution >= 4 is 17.2 Å². The third kappa shape index (κ3) is 4.59. The third-order valence-corrected chi connectivity index (χ3v) is 5.56. The van der Waals surface area contributed by atoms with Gasteiger partial charge in [0.2, 0.25) is 5.88 Å². The highest BCUT2D eigenvalue weighted by molar-refractivity contribution is 7.12. The lowest BCUT2D eigenvalue weighted by atomic mass is 10.2. The van der Waals surface area contributed by atoms with Crippen LogP contribution >= 0.6 is 11.3 Å². The first-order valence-electron chi connectivity index (χ1n) is 9.69. The molecule has 8 heteroatoms. The van der Waals surface area contributed by atoms with E-state index in [1.165, 1.54) is 11.3 Å². The molecule has 1 aromatic carbocycles. The van der Waals surface area contributed by atoms with Gasteiger partial charge in [0.05, 0.1) is 12.7 Å². The number of amides is 1. The first kappa shape index (κ1) is 20.6. The average molecular weight is 435 g/mol. The second-order valence-electron chi connectivity index (χ2n) is 6.90. The Balaban J connectivity index is 1.39. The van der Waals surface area contributed by atoms with Crippen molar-refractivity contribution in [1.82, 2.24) is 19.9 Å². The molecule has 158 valence electrons. The molecule has 0 fully saturated rings. The number of thiazole rings is 1. The molecule has 3 aromatic heterocycles. The maximum absolute atomic E-state index is 12.7. The summed E-state index contributed by atoms with van der Waals surface area (Å²) >= 11 is 1.54. The number of carbonyl (C=O) groups excluding carboxylic acids is 1. The van der Waals surface area contributed by atoms with Crippen molar-refractivity contribution < 1.29 is 14.3 Å². The Morgan fingerprint density at radius 2 is 1.97 bits per heavy atom. The summed E-state index contributed by atoms with van der Waals surface area (Å²) in [5.41, 5.74) is 3.35. The largest absolute Gasteiger partial charge is 0.497 e. The highest BCUT2D eigenvalue weighted by atomic mass is 32.1. The molecule has 0 aliphatic rings. The van der Waals surface area contributed by atoms with Gasteiger partial charge in [-0.05, 0) is 37.6 Å². The molecular weight excluding hydrogens is 412 g/mol. The summed E-state index contributed by atoms with van der Waals surface area (Å²) in [5.74, 6) is 1.69. The molecule has 0 atom stereocenters. The van der Waals surface area contributed by atoms with E-state index in [2.05, 4.69) is 15.3 Å². The zero-order valence-electron chi connectivity index (χ0n) is 17.5. The van der Waals surface area contributed by atoms with Gasteiger partial charge >= 0.3 is 0 Å². The van der Waals surface area contributed by atoms with Crippen LogP contribution in [-0.4, -0.2) is 27.6 Å². The molecule has 4 rings (SSSR count). The Kier molecular flexibility index (Phi) is 5.99. The van der Waals surface area contributed by atoms with Gasteiger partial charge in [0, 0.05) is 47.8 Å². The van der Waals surface area contributed by atoms with Crippen LogP contribution in [-0.2, 0) is 6.54 Å². The predicted molar refractivity (Wildman–Crippen MR) is 119 cm³/mol. The summed E-state index contributed by atoms with van der Waals surface area (Å²) < 4.78 is 12.9. The Morgan fingerprint density at radius 1 is 1.13 bits per heavy atom. The number of nitrogens with one attached hydrogen (secondary N) is 1. The lowest BCUT2D eigenvalue weighted by Gasteiger charge is -2.08. The van der Waals surface area contributed by atoms with E-state index in [1.54, 1.807) is 31.6 Å². The number of nitrogens with zero attached hydrogens (tertiary/aromatic N) is 3. The fraction of sp³-hybridized carbons (Fsp3) is 0.174. The summed E-state index contributed by atoms with van der Waals surface area (Å²) in [6, 6.07) is 12.9. The molecule has 3 heterocycles. The Morgan fingerprint density at radius 3 is 2.68 bits per heavy atom. The summed E-state index contributed by atoms with van der Waals surface area (Å²) in [4.78, 5) is 21.4. The second kappa shape index (κ2) is 9.01. The van der Waals surface area contributed by atoms with E-state index < -0.39 is 0 Å². The first-order chi connectivity index (χ1) is 15.0. The van der Waals surface area contributed by atoms with Crippen LogP contribution in [0.2, 0.25) is 0 Å². The number of benzene rings is 1. The monoisotopic (exact) mass is 434 g/mol. The predicted octanol–water partition coefficient (Wildman–Crippen LogP) is 4.68. The normalized spacial score (nSPS) is 10.7. The molecule has 1 N–H and O–H groups in total. The molecular formula is C23H22N4O3S. The van der Waals surface area contributed by atoms with Gasteiger partial charge in [-0.1, -0.05) is 12.1 Å². The number of aromatic nitrogens is 3. The fourth-order valence-corrected chi connectivity index (χ4v) is 4.00. The minimum Gasteiger partial charge on any atom is -0.497 e. The third-order valence-electron chi connectivity index (χ3n) is 4.80.